The zero-order chi connectivity index (χ0) is 34.5. The number of hydrogen-bond acceptors (Lipinski definition) is 10. The third-order valence-electron chi connectivity index (χ3n) is 9.28. The van der Waals surface area contributed by atoms with Crippen molar-refractivity contribution in [3.8, 4) is 6.07 Å². The van der Waals surface area contributed by atoms with Crippen LogP contribution in [0.1, 0.15) is 28.8 Å². The average molecular weight is 699 g/mol. The first kappa shape index (κ1) is 34.7. The molecule has 4 heterocycles. The second-order valence-electron chi connectivity index (χ2n) is 14.0. The van der Waals surface area contributed by atoms with E-state index < -0.39 is 8.07 Å². The summed E-state index contributed by atoms with van der Waals surface area (Å²) in [4.78, 5) is 29.5. The molecule has 1 atom stereocenters. The molecule has 49 heavy (non-hydrogen) atoms. The summed E-state index contributed by atoms with van der Waals surface area (Å²) < 4.78 is 13.7. The van der Waals surface area contributed by atoms with Crippen LogP contribution in [0.2, 0.25) is 25.7 Å². The Morgan fingerprint density at radius 1 is 1.08 bits per heavy atom. The van der Waals surface area contributed by atoms with E-state index in [1.165, 1.54) is 23.0 Å². The maximum atomic E-state index is 13.2. The molecule has 0 spiro atoms. The highest BCUT2D eigenvalue weighted by molar-refractivity contribution is 7.98. The van der Waals surface area contributed by atoms with E-state index in [2.05, 4.69) is 54.6 Å². The van der Waals surface area contributed by atoms with Crippen molar-refractivity contribution in [2.75, 3.05) is 48.8 Å². The largest absolute Gasteiger partial charge is 0.445 e. The topological polar surface area (TPSA) is 113 Å². The molecule has 2 aliphatic heterocycles. The fourth-order valence-corrected chi connectivity index (χ4v) is 7.74. The molecule has 0 bridgehead atoms. The number of nitrogens with zero attached hydrogens (tertiary/aromatic N) is 8. The van der Waals surface area contributed by atoms with Crippen molar-refractivity contribution < 1.29 is 14.3 Å². The fraction of sp³-hybridized carbons (Fsp3) is 0.472. The minimum atomic E-state index is -1.16. The molecule has 1 fully saturated rings. The van der Waals surface area contributed by atoms with Crippen LogP contribution in [0, 0.1) is 18.3 Å². The summed E-state index contributed by atoms with van der Waals surface area (Å²) >= 11 is 1.53. The molecule has 258 valence electrons. The van der Waals surface area contributed by atoms with Crippen molar-refractivity contribution in [3.63, 3.8) is 0 Å². The van der Waals surface area contributed by atoms with Crippen molar-refractivity contribution in [2.45, 2.75) is 76.5 Å². The van der Waals surface area contributed by atoms with Gasteiger partial charge in [-0.3, -0.25) is 0 Å². The summed E-state index contributed by atoms with van der Waals surface area (Å²) in [6, 6.07) is 17.1. The molecule has 0 aliphatic carbocycles. The smallest absolute Gasteiger partial charge is 0.410 e. The van der Waals surface area contributed by atoms with Gasteiger partial charge in [-0.25, -0.2) is 19.4 Å². The number of hydrogen-bond donors (Lipinski definition) is 0. The van der Waals surface area contributed by atoms with Gasteiger partial charge in [-0.05, 0) is 42.8 Å². The molecule has 6 rings (SSSR count). The van der Waals surface area contributed by atoms with E-state index in [9.17, 15) is 10.1 Å². The third-order valence-corrected chi connectivity index (χ3v) is 11.5. The van der Waals surface area contributed by atoms with Gasteiger partial charge in [-0.1, -0.05) is 67.8 Å². The number of aromatic nitrogens is 4. The summed E-state index contributed by atoms with van der Waals surface area (Å²) in [5.41, 5.74) is 6.53. The number of carbonyl (C=O) groups is 1. The number of piperazine rings is 1. The lowest BCUT2D eigenvalue weighted by Crippen LogP contribution is -2.55. The summed E-state index contributed by atoms with van der Waals surface area (Å²) in [6.07, 6.45) is 4.57. The number of nitriles is 1. The number of fused-ring (bicyclic) bond motifs is 2. The van der Waals surface area contributed by atoms with Crippen LogP contribution in [0.3, 0.4) is 0 Å². The van der Waals surface area contributed by atoms with Crippen LogP contribution in [-0.2, 0) is 35.8 Å². The second-order valence-corrected chi connectivity index (χ2v) is 20.4. The number of carbonyl (C=O) groups excluding carboxylic acids is 1. The summed E-state index contributed by atoms with van der Waals surface area (Å²) in [7, 11) is -1.16. The number of aryl methyl sites for hydroxylation is 1. The van der Waals surface area contributed by atoms with Crippen LogP contribution in [-0.4, -0.2) is 83.9 Å². The van der Waals surface area contributed by atoms with Gasteiger partial charge in [0.2, 0.25) is 0 Å². The van der Waals surface area contributed by atoms with Crippen LogP contribution in [0.25, 0.3) is 10.9 Å². The summed E-state index contributed by atoms with van der Waals surface area (Å²) in [6.45, 7) is 13.7. The fourth-order valence-electron chi connectivity index (χ4n) is 6.60. The molecule has 0 saturated carbocycles. The molecule has 13 heteroatoms. The first-order chi connectivity index (χ1) is 23.6. The molecule has 2 aromatic carbocycles. The second kappa shape index (κ2) is 15.2. The molecule has 0 N–H and O–H groups in total. The highest BCUT2D eigenvalue weighted by Gasteiger charge is 2.35. The van der Waals surface area contributed by atoms with E-state index in [0.29, 0.717) is 32.9 Å². The molecular formula is C36H46N8O3SSi. The van der Waals surface area contributed by atoms with Crippen molar-refractivity contribution in [3.05, 3.63) is 71.0 Å². The number of rotatable bonds is 11. The molecule has 1 saturated heterocycles. The van der Waals surface area contributed by atoms with Crippen molar-refractivity contribution in [1.82, 2.24) is 24.6 Å². The van der Waals surface area contributed by atoms with E-state index in [1.807, 2.05) is 47.5 Å². The van der Waals surface area contributed by atoms with Crippen LogP contribution in [0.15, 0.2) is 53.8 Å². The molecular weight excluding hydrogens is 653 g/mol. The van der Waals surface area contributed by atoms with Gasteiger partial charge in [0.05, 0.1) is 48.2 Å². The minimum absolute atomic E-state index is 0.201. The van der Waals surface area contributed by atoms with Crippen LogP contribution in [0.4, 0.5) is 16.3 Å². The van der Waals surface area contributed by atoms with Crippen molar-refractivity contribution in [2.24, 2.45) is 0 Å². The Balaban J connectivity index is 1.20. The number of amides is 1. The SMILES string of the molecule is CSc1nc2c(c(N3CCN(C(=O)OCc4ccccc4)[C@@H](CC#N)C3)n1)CCN(c1c(C)ccc3c1cnn3COCC[Si](C)(C)C)C2. The first-order valence-corrected chi connectivity index (χ1v) is 21.9. The first-order valence-electron chi connectivity index (χ1n) is 17.0. The minimum Gasteiger partial charge on any atom is -0.445 e. The Morgan fingerprint density at radius 3 is 2.65 bits per heavy atom. The maximum Gasteiger partial charge on any atom is 0.410 e. The van der Waals surface area contributed by atoms with E-state index in [0.717, 1.165) is 64.3 Å². The van der Waals surface area contributed by atoms with Gasteiger partial charge in [0.15, 0.2) is 5.16 Å². The lowest BCUT2D eigenvalue weighted by molar-refractivity contribution is 0.0767. The zero-order valence-corrected chi connectivity index (χ0v) is 31.0. The molecule has 1 amide bonds. The average Bonchev–Trinajstić information content (AvgIpc) is 3.51. The number of anilines is 2. The van der Waals surface area contributed by atoms with E-state index in [1.54, 1.807) is 4.90 Å². The summed E-state index contributed by atoms with van der Waals surface area (Å²) in [5.74, 6) is 0.910. The lowest BCUT2D eigenvalue weighted by Gasteiger charge is -2.42. The molecule has 11 nitrogen and oxygen atoms in total. The van der Waals surface area contributed by atoms with E-state index >= 15 is 0 Å². The van der Waals surface area contributed by atoms with Crippen molar-refractivity contribution in [1.29, 1.82) is 5.26 Å². The van der Waals surface area contributed by atoms with Gasteiger partial charge in [0, 0.05) is 51.8 Å². The highest BCUT2D eigenvalue weighted by Crippen LogP contribution is 2.36. The van der Waals surface area contributed by atoms with Crippen LogP contribution in [0.5, 0.6) is 0 Å². The molecule has 0 radical (unpaired) electrons. The van der Waals surface area contributed by atoms with Gasteiger partial charge < -0.3 is 24.2 Å². The number of benzene rings is 2. The Bertz CT molecular complexity index is 1820. The third kappa shape index (κ3) is 8.03. The van der Waals surface area contributed by atoms with Gasteiger partial charge in [0.25, 0.3) is 0 Å². The Labute approximate surface area is 294 Å². The highest BCUT2D eigenvalue weighted by atomic mass is 32.2. The monoisotopic (exact) mass is 698 g/mol. The van der Waals surface area contributed by atoms with E-state index in [4.69, 9.17) is 24.5 Å². The van der Waals surface area contributed by atoms with Gasteiger partial charge in [0.1, 0.15) is 19.2 Å². The van der Waals surface area contributed by atoms with Gasteiger partial charge >= 0.3 is 6.09 Å². The predicted molar refractivity (Wildman–Crippen MR) is 197 cm³/mol. The number of thioether (sulfide) groups is 1. The maximum absolute atomic E-state index is 13.2. The van der Waals surface area contributed by atoms with E-state index in [-0.39, 0.29) is 25.2 Å². The van der Waals surface area contributed by atoms with Gasteiger partial charge in [-0.15, -0.1) is 0 Å². The standard InChI is InChI=1S/C36H46N8O3SSi/c1-26-11-12-32-30(21-38-44(32)25-46-19-20-49(3,4)5)33(26)41-16-14-29-31(23-41)39-35(48-2)40-34(29)42-17-18-43(28(22-42)13-15-37)36(45)47-24-27-9-7-6-8-10-27/h6-12,21,28H,13-14,16-20,22-25H2,1-5H3/t28-/m0/s1. The van der Waals surface area contributed by atoms with Crippen LogP contribution >= 0.6 is 11.8 Å². The normalized spacial score (nSPS) is 16.5. The number of ether oxygens (including phenoxy) is 2. The summed E-state index contributed by atoms with van der Waals surface area (Å²) in [5, 5.41) is 16.2. The van der Waals surface area contributed by atoms with Crippen LogP contribution < -0.4 is 9.80 Å². The molecule has 4 aromatic rings. The zero-order valence-electron chi connectivity index (χ0n) is 29.2. The molecule has 2 aliphatic rings. The van der Waals surface area contributed by atoms with Gasteiger partial charge in [-0.2, -0.15) is 10.4 Å². The predicted octanol–water partition coefficient (Wildman–Crippen LogP) is 6.47. The lowest BCUT2D eigenvalue weighted by atomic mass is 10.0. The quantitative estimate of drug-likeness (QED) is 0.0748. The van der Waals surface area contributed by atoms with Crippen molar-refractivity contribution >= 4 is 48.3 Å². The molecule has 2 aromatic heterocycles. The Hall–Kier alpha value is -4.12. The Morgan fingerprint density at radius 2 is 1.90 bits per heavy atom. The molecule has 0 unspecified atom stereocenters. The Kier molecular flexibility index (Phi) is 10.8.